The van der Waals surface area contributed by atoms with Gasteiger partial charge in [-0.15, -0.1) is 0 Å². The summed E-state index contributed by atoms with van der Waals surface area (Å²) in [7, 11) is 0. The third-order valence-electron chi connectivity index (χ3n) is 5.01. The fraction of sp³-hybridized carbons (Fsp3) is 0.273. The van der Waals surface area contributed by atoms with Crippen LogP contribution in [0.1, 0.15) is 33.4 Å². The summed E-state index contributed by atoms with van der Waals surface area (Å²) in [5, 5.41) is 9.04. The maximum absolute atomic E-state index is 12.9. The number of anilines is 1. The van der Waals surface area contributed by atoms with Gasteiger partial charge in [0.2, 0.25) is 5.91 Å². The van der Waals surface area contributed by atoms with Crippen LogP contribution in [0, 0.1) is 0 Å². The average Bonchev–Trinajstić information content (AvgIpc) is 3.21. The van der Waals surface area contributed by atoms with Crippen molar-refractivity contribution in [3.63, 3.8) is 0 Å². The first-order chi connectivity index (χ1) is 15.0. The summed E-state index contributed by atoms with van der Waals surface area (Å²) in [4.78, 5) is 43.4. The Labute approximate surface area is 178 Å². The summed E-state index contributed by atoms with van der Waals surface area (Å²) < 4.78 is 5.51. The zero-order valence-corrected chi connectivity index (χ0v) is 17.1. The quantitative estimate of drug-likeness (QED) is 0.559. The molecule has 1 saturated heterocycles. The Morgan fingerprint density at radius 2 is 2.03 bits per heavy atom. The fourth-order valence-electron chi connectivity index (χ4n) is 3.56. The molecule has 3 aromatic rings. The number of carbonyl (C=O) groups is 3. The molecule has 1 aliphatic rings. The van der Waals surface area contributed by atoms with E-state index in [-0.39, 0.29) is 24.2 Å². The number of benzene rings is 1. The Morgan fingerprint density at radius 3 is 2.84 bits per heavy atom. The lowest BCUT2D eigenvalue weighted by atomic mass is 10.1. The molecule has 31 heavy (non-hydrogen) atoms. The van der Waals surface area contributed by atoms with Crippen LogP contribution in [0.2, 0.25) is 0 Å². The van der Waals surface area contributed by atoms with Gasteiger partial charge in [0.15, 0.2) is 0 Å². The van der Waals surface area contributed by atoms with Crippen molar-refractivity contribution >= 4 is 34.4 Å². The molecular formula is C22H23N5O4. The lowest BCUT2D eigenvalue weighted by molar-refractivity contribution is -0.124. The largest absolute Gasteiger partial charge is 0.467 e. The number of nitrogens with zero attached hydrogens (tertiary/aromatic N) is 2. The molecule has 2 aromatic heterocycles. The number of rotatable bonds is 6. The monoisotopic (exact) mass is 421 g/mol. The van der Waals surface area contributed by atoms with E-state index in [1.807, 2.05) is 30.0 Å². The molecule has 0 radical (unpaired) electrons. The number of nitrogens with one attached hydrogen (secondary N) is 3. The van der Waals surface area contributed by atoms with Crippen LogP contribution >= 0.6 is 0 Å². The number of amides is 3. The molecule has 1 aromatic carbocycles. The minimum Gasteiger partial charge on any atom is -0.467 e. The van der Waals surface area contributed by atoms with Crippen LogP contribution in [0.3, 0.4) is 0 Å². The van der Waals surface area contributed by atoms with Crippen LogP contribution in [0.15, 0.2) is 47.1 Å². The number of piperazine rings is 1. The molecule has 9 heteroatoms. The van der Waals surface area contributed by atoms with Gasteiger partial charge in [0.05, 0.1) is 36.0 Å². The van der Waals surface area contributed by atoms with Crippen molar-refractivity contribution < 1.29 is 18.8 Å². The lowest BCUT2D eigenvalue weighted by Crippen LogP contribution is -2.47. The molecule has 3 N–H and O–H groups in total. The molecule has 160 valence electrons. The van der Waals surface area contributed by atoms with Crippen LogP contribution < -0.4 is 16.0 Å². The first-order valence-corrected chi connectivity index (χ1v) is 10.1. The van der Waals surface area contributed by atoms with Crippen molar-refractivity contribution in [2.75, 3.05) is 31.5 Å². The van der Waals surface area contributed by atoms with Gasteiger partial charge in [0.1, 0.15) is 11.6 Å². The highest BCUT2D eigenvalue weighted by atomic mass is 16.3. The van der Waals surface area contributed by atoms with E-state index < -0.39 is 5.91 Å². The number of aromatic nitrogens is 1. The average molecular weight is 421 g/mol. The van der Waals surface area contributed by atoms with E-state index in [1.165, 1.54) is 6.26 Å². The van der Waals surface area contributed by atoms with Gasteiger partial charge in [-0.3, -0.25) is 19.3 Å². The van der Waals surface area contributed by atoms with Gasteiger partial charge in [0, 0.05) is 25.0 Å². The van der Waals surface area contributed by atoms with Gasteiger partial charge < -0.3 is 20.4 Å². The van der Waals surface area contributed by atoms with Crippen molar-refractivity contribution in [2.24, 2.45) is 0 Å². The number of pyridine rings is 1. The summed E-state index contributed by atoms with van der Waals surface area (Å²) in [6.07, 6.45) is 1.45. The topological polar surface area (TPSA) is 117 Å². The lowest BCUT2D eigenvalue weighted by Gasteiger charge is -2.25. The van der Waals surface area contributed by atoms with E-state index in [4.69, 9.17) is 4.42 Å². The maximum atomic E-state index is 12.9. The first kappa shape index (κ1) is 20.5. The van der Waals surface area contributed by atoms with Gasteiger partial charge in [-0.2, -0.15) is 0 Å². The Kier molecular flexibility index (Phi) is 5.94. The number of hydrogen-bond donors (Lipinski definition) is 3. The van der Waals surface area contributed by atoms with E-state index in [0.29, 0.717) is 54.0 Å². The second-order valence-corrected chi connectivity index (χ2v) is 7.20. The highest BCUT2D eigenvalue weighted by Crippen LogP contribution is 2.22. The SMILES string of the molecule is CCNC(=O)c1cc(NC(=O)c2ccoc2CN2CCNC(=O)C2)nc2ccccc12. The Bertz CT molecular complexity index is 1140. The molecule has 3 amide bonds. The van der Waals surface area contributed by atoms with Gasteiger partial charge in [0.25, 0.3) is 11.8 Å². The molecule has 4 rings (SSSR count). The van der Waals surface area contributed by atoms with Crippen LogP contribution in [0.4, 0.5) is 5.82 Å². The molecular weight excluding hydrogens is 398 g/mol. The van der Waals surface area contributed by atoms with Crippen LogP contribution in [-0.2, 0) is 11.3 Å². The van der Waals surface area contributed by atoms with Gasteiger partial charge >= 0.3 is 0 Å². The second-order valence-electron chi connectivity index (χ2n) is 7.20. The van der Waals surface area contributed by atoms with E-state index >= 15 is 0 Å². The predicted molar refractivity (Wildman–Crippen MR) is 115 cm³/mol. The summed E-state index contributed by atoms with van der Waals surface area (Å²) in [6, 6.07) is 10.4. The van der Waals surface area contributed by atoms with Crippen molar-refractivity contribution in [1.29, 1.82) is 0 Å². The second kappa shape index (κ2) is 8.97. The summed E-state index contributed by atoms with van der Waals surface area (Å²) in [6.45, 7) is 4.17. The standard InChI is InChI=1S/C22H23N5O4/c1-2-23-21(29)16-11-19(25-17-6-4-3-5-14(16)17)26-22(30)15-7-10-31-18(15)12-27-9-8-24-20(28)13-27/h3-7,10-11H,2,8-9,12-13H2,1H3,(H,23,29)(H,24,28)(H,25,26,30). The maximum Gasteiger partial charge on any atom is 0.260 e. The number of carbonyl (C=O) groups excluding carboxylic acids is 3. The van der Waals surface area contributed by atoms with Crippen molar-refractivity contribution in [2.45, 2.75) is 13.5 Å². The van der Waals surface area contributed by atoms with Crippen LogP contribution in [-0.4, -0.2) is 53.8 Å². The molecule has 0 bridgehead atoms. The van der Waals surface area contributed by atoms with Crippen molar-refractivity contribution in [3.8, 4) is 0 Å². The molecule has 0 saturated carbocycles. The zero-order chi connectivity index (χ0) is 21.8. The molecule has 1 fully saturated rings. The summed E-state index contributed by atoms with van der Waals surface area (Å²) in [5.74, 6) is 0.0623. The predicted octanol–water partition coefficient (Wildman–Crippen LogP) is 1.76. The number of fused-ring (bicyclic) bond motifs is 1. The number of para-hydroxylation sites is 1. The van der Waals surface area contributed by atoms with Gasteiger partial charge in [-0.25, -0.2) is 4.98 Å². The van der Waals surface area contributed by atoms with E-state index in [9.17, 15) is 14.4 Å². The smallest absolute Gasteiger partial charge is 0.260 e. The van der Waals surface area contributed by atoms with Crippen LogP contribution in [0.5, 0.6) is 0 Å². The molecule has 1 aliphatic heterocycles. The third-order valence-corrected chi connectivity index (χ3v) is 5.01. The van der Waals surface area contributed by atoms with E-state index in [2.05, 4.69) is 20.9 Å². The first-order valence-electron chi connectivity index (χ1n) is 10.1. The van der Waals surface area contributed by atoms with Gasteiger partial charge in [-0.05, 0) is 25.1 Å². The van der Waals surface area contributed by atoms with Crippen molar-refractivity contribution in [3.05, 3.63) is 59.5 Å². The van der Waals surface area contributed by atoms with Gasteiger partial charge in [-0.1, -0.05) is 18.2 Å². The Morgan fingerprint density at radius 1 is 1.19 bits per heavy atom. The normalized spacial score (nSPS) is 14.3. The highest BCUT2D eigenvalue weighted by Gasteiger charge is 2.22. The van der Waals surface area contributed by atoms with E-state index in [1.54, 1.807) is 18.2 Å². The molecule has 0 atom stereocenters. The third kappa shape index (κ3) is 4.56. The molecule has 0 unspecified atom stereocenters. The zero-order valence-electron chi connectivity index (χ0n) is 17.1. The number of hydrogen-bond acceptors (Lipinski definition) is 6. The molecule has 3 heterocycles. The minimum atomic E-state index is -0.394. The summed E-state index contributed by atoms with van der Waals surface area (Å²) >= 11 is 0. The van der Waals surface area contributed by atoms with Crippen LogP contribution in [0.25, 0.3) is 10.9 Å². The van der Waals surface area contributed by atoms with E-state index in [0.717, 1.165) is 0 Å². The summed E-state index contributed by atoms with van der Waals surface area (Å²) in [5.41, 5.74) is 1.41. The molecule has 0 spiro atoms. The Hall–Kier alpha value is -3.72. The minimum absolute atomic E-state index is 0.0537. The fourth-order valence-corrected chi connectivity index (χ4v) is 3.56. The molecule has 0 aliphatic carbocycles. The Balaban J connectivity index is 1.57. The number of furan rings is 1. The highest BCUT2D eigenvalue weighted by molar-refractivity contribution is 6.09. The van der Waals surface area contributed by atoms with Crippen molar-refractivity contribution in [1.82, 2.24) is 20.5 Å². The molecule has 9 nitrogen and oxygen atoms in total.